The SMILES string of the molecule is CC(C)NC(=O)c1cnc2c(c1)N(C(=O)Cc1cccc(C(F)(F)F)c1)CCC2. The predicted octanol–water partition coefficient (Wildman–Crippen LogP) is 3.76. The van der Waals surface area contributed by atoms with Gasteiger partial charge in [0.15, 0.2) is 0 Å². The van der Waals surface area contributed by atoms with Crippen LogP contribution in [0.1, 0.15) is 47.4 Å². The highest BCUT2D eigenvalue weighted by atomic mass is 19.4. The van der Waals surface area contributed by atoms with Gasteiger partial charge >= 0.3 is 6.18 Å². The molecule has 0 bridgehead atoms. The Hall–Kier alpha value is -2.90. The Kier molecular flexibility index (Phi) is 5.91. The van der Waals surface area contributed by atoms with E-state index in [1.807, 2.05) is 13.8 Å². The quantitative estimate of drug-likeness (QED) is 0.843. The molecule has 0 spiro atoms. The molecule has 1 N–H and O–H groups in total. The molecule has 5 nitrogen and oxygen atoms in total. The summed E-state index contributed by atoms with van der Waals surface area (Å²) in [6.45, 7) is 4.12. The average molecular weight is 405 g/mol. The Morgan fingerprint density at radius 2 is 2.00 bits per heavy atom. The number of hydrogen-bond acceptors (Lipinski definition) is 3. The molecule has 29 heavy (non-hydrogen) atoms. The molecule has 0 unspecified atom stereocenters. The van der Waals surface area contributed by atoms with Crippen LogP contribution < -0.4 is 10.2 Å². The monoisotopic (exact) mass is 405 g/mol. The summed E-state index contributed by atoms with van der Waals surface area (Å²) in [5.74, 6) is -0.611. The molecule has 154 valence electrons. The summed E-state index contributed by atoms with van der Waals surface area (Å²) >= 11 is 0. The van der Waals surface area contributed by atoms with E-state index in [1.54, 1.807) is 6.07 Å². The number of anilines is 1. The third-order valence-corrected chi connectivity index (χ3v) is 4.63. The molecule has 0 saturated carbocycles. The van der Waals surface area contributed by atoms with Crippen molar-refractivity contribution in [3.8, 4) is 0 Å². The highest BCUT2D eigenvalue weighted by Gasteiger charge is 2.31. The Labute approximate surface area is 166 Å². The number of nitrogens with zero attached hydrogens (tertiary/aromatic N) is 2. The molecular weight excluding hydrogens is 383 g/mol. The maximum absolute atomic E-state index is 12.9. The summed E-state index contributed by atoms with van der Waals surface area (Å²) < 4.78 is 38.8. The number of alkyl halides is 3. The number of aryl methyl sites for hydroxylation is 1. The maximum atomic E-state index is 12.9. The fourth-order valence-electron chi connectivity index (χ4n) is 3.29. The number of amides is 2. The number of rotatable bonds is 4. The summed E-state index contributed by atoms with van der Waals surface area (Å²) in [7, 11) is 0. The van der Waals surface area contributed by atoms with Crippen LogP contribution in [0.5, 0.6) is 0 Å². The number of aromatic nitrogens is 1. The molecule has 1 aromatic heterocycles. The number of benzene rings is 1. The minimum absolute atomic E-state index is 0.0443. The van der Waals surface area contributed by atoms with Crippen molar-refractivity contribution in [2.75, 3.05) is 11.4 Å². The van der Waals surface area contributed by atoms with E-state index in [2.05, 4.69) is 10.3 Å². The molecule has 0 aliphatic carbocycles. The lowest BCUT2D eigenvalue weighted by Crippen LogP contribution is -2.37. The van der Waals surface area contributed by atoms with Crippen molar-refractivity contribution < 1.29 is 22.8 Å². The second kappa shape index (κ2) is 8.23. The number of hydrogen-bond donors (Lipinski definition) is 1. The van der Waals surface area contributed by atoms with Gasteiger partial charge in [0.25, 0.3) is 5.91 Å². The summed E-state index contributed by atoms with van der Waals surface area (Å²) in [6.07, 6.45) is -1.76. The van der Waals surface area contributed by atoms with Crippen LogP contribution in [0.15, 0.2) is 36.5 Å². The lowest BCUT2D eigenvalue weighted by molar-refractivity contribution is -0.137. The minimum atomic E-state index is -4.46. The Balaban J connectivity index is 1.84. The van der Waals surface area contributed by atoms with Gasteiger partial charge in [-0.15, -0.1) is 0 Å². The topological polar surface area (TPSA) is 62.3 Å². The van der Waals surface area contributed by atoms with Gasteiger partial charge in [0.1, 0.15) is 0 Å². The number of carbonyl (C=O) groups is 2. The highest BCUT2D eigenvalue weighted by molar-refractivity contribution is 5.99. The van der Waals surface area contributed by atoms with E-state index in [0.717, 1.165) is 12.1 Å². The Morgan fingerprint density at radius 1 is 1.24 bits per heavy atom. The molecule has 3 rings (SSSR count). The van der Waals surface area contributed by atoms with Crippen molar-refractivity contribution in [1.82, 2.24) is 10.3 Å². The molecule has 2 aromatic rings. The maximum Gasteiger partial charge on any atom is 0.416 e. The number of fused-ring (bicyclic) bond motifs is 1. The lowest BCUT2D eigenvalue weighted by atomic mass is 10.0. The molecule has 0 atom stereocenters. The van der Waals surface area contributed by atoms with Crippen LogP contribution in [0.2, 0.25) is 0 Å². The second-order valence-corrected chi connectivity index (χ2v) is 7.34. The van der Waals surface area contributed by atoms with Crippen molar-refractivity contribution in [1.29, 1.82) is 0 Å². The van der Waals surface area contributed by atoms with Crippen molar-refractivity contribution in [3.05, 3.63) is 58.9 Å². The van der Waals surface area contributed by atoms with Crippen molar-refractivity contribution >= 4 is 17.5 Å². The molecule has 0 radical (unpaired) electrons. The van der Waals surface area contributed by atoms with Crippen LogP contribution >= 0.6 is 0 Å². The van der Waals surface area contributed by atoms with E-state index in [0.29, 0.717) is 41.9 Å². The fourth-order valence-corrected chi connectivity index (χ4v) is 3.29. The molecule has 2 heterocycles. The van der Waals surface area contributed by atoms with Gasteiger partial charge in [0.2, 0.25) is 5.91 Å². The molecular formula is C21H22F3N3O2. The molecule has 0 fully saturated rings. The lowest BCUT2D eigenvalue weighted by Gasteiger charge is -2.29. The first-order chi connectivity index (χ1) is 13.6. The van der Waals surface area contributed by atoms with Crippen LogP contribution in [0, 0.1) is 0 Å². The van der Waals surface area contributed by atoms with Gasteiger partial charge in [-0.3, -0.25) is 14.6 Å². The van der Waals surface area contributed by atoms with E-state index in [-0.39, 0.29) is 24.3 Å². The second-order valence-electron chi connectivity index (χ2n) is 7.34. The number of carbonyl (C=O) groups excluding carboxylic acids is 2. The minimum Gasteiger partial charge on any atom is -0.350 e. The average Bonchev–Trinajstić information content (AvgIpc) is 2.66. The van der Waals surface area contributed by atoms with Crippen molar-refractivity contribution in [3.63, 3.8) is 0 Å². The van der Waals surface area contributed by atoms with E-state index >= 15 is 0 Å². The first-order valence-electron chi connectivity index (χ1n) is 9.41. The van der Waals surface area contributed by atoms with E-state index in [4.69, 9.17) is 0 Å². The third-order valence-electron chi connectivity index (χ3n) is 4.63. The summed E-state index contributed by atoms with van der Waals surface area (Å²) in [6, 6.07) is 6.36. The van der Waals surface area contributed by atoms with Crippen LogP contribution in [0.3, 0.4) is 0 Å². The normalized spacial score (nSPS) is 13.9. The number of nitrogens with one attached hydrogen (secondary N) is 1. The zero-order valence-electron chi connectivity index (χ0n) is 16.2. The summed E-state index contributed by atoms with van der Waals surface area (Å²) in [5.41, 5.74) is 1.10. The number of halogens is 3. The van der Waals surface area contributed by atoms with E-state index < -0.39 is 11.7 Å². The van der Waals surface area contributed by atoms with Crippen molar-refractivity contribution in [2.45, 2.75) is 45.3 Å². The highest BCUT2D eigenvalue weighted by Crippen LogP contribution is 2.30. The van der Waals surface area contributed by atoms with Crippen LogP contribution in [-0.4, -0.2) is 29.4 Å². The van der Waals surface area contributed by atoms with Gasteiger partial charge in [0, 0.05) is 18.8 Å². The first kappa shape index (κ1) is 20.8. The van der Waals surface area contributed by atoms with Gasteiger partial charge in [-0.25, -0.2) is 0 Å². The molecule has 8 heteroatoms. The fraction of sp³-hybridized carbons (Fsp3) is 0.381. The van der Waals surface area contributed by atoms with Gasteiger partial charge in [-0.2, -0.15) is 13.2 Å². The van der Waals surface area contributed by atoms with Crippen LogP contribution in [-0.2, 0) is 23.8 Å². The smallest absolute Gasteiger partial charge is 0.350 e. The van der Waals surface area contributed by atoms with Gasteiger partial charge in [-0.1, -0.05) is 18.2 Å². The summed E-state index contributed by atoms with van der Waals surface area (Å²) in [4.78, 5) is 31.0. The molecule has 1 aliphatic rings. The molecule has 0 saturated heterocycles. The zero-order chi connectivity index (χ0) is 21.2. The van der Waals surface area contributed by atoms with Crippen LogP contribution in [0.25, 0.3) is 0 Å². The predicted molar refractivity (Wildman–Crippen MR) is 103 cm³/mol. The third kappa shape index (κ3) is 4.93. The number of pyridine rings is 1. The van der Waals surface area contributed by atoms with Gasteiger partial charge in [0.05, 0.1) is 28.9 Å². The van der Waals surface area contributed by atoms with Crippen LogP contribution in [0.4, 0.5) is 18.9 Å². The van der Waals surface area contributed by atoms with Gasteiger partial charge < -0.3 is 10.2 Å². The van der Waals surface area contributed by atoms with E-state index in [9.17, 15) is 22.8 Å². The first-order valence-corrected chi connectivity index (χ1v) is 9.41. The summed E-state index contributed by atoms with van der Waals surface area (Å²) in [5, 5.41) is 2.78. The largest absolute Gasteiger partial charge is 0.416 e. The Morgan fingerprint density at radius 3 is 2.69 bits per heavy atom. The zero-order valence-corrected chi connectivity index (χ0v) is 16.2. The molecule has 2 amide bonds. The standard InChI is InChI=1S/C21H22F3N3O2/c1-13(2)26-20(29)15-11-18-17(25-12-15)7-4-8-27(18)19(28)10-14-5-3-6-16(9-14)21(22,23)24/h3,5-6,9,11-13H,4,7-8,10H2,1-2H3,(H,26,29). The Bertz CT molecular complexity index is 926. The molecule has 1 aromatic carbocycles. The van der Waals surface area contributed by atoms with Gasteiger partial charge in [-0.05, 0) is 44.4 Å². The van der Waals surface area contributed by atoms with E-state index in [1.165, 1.54) is 23.2 Å². The van der Waals surface area contributed by atoms with Crippen molar-refractivity contribution in [2.24, 2.45) is 0 Å². The molecule has 1 aliphatic heterocycles.